The largest absolute Gasteiger partial charge is 0.381 e. The van der Waals surface area contributed by atoms with Gasteiger partial charge in [0.05, 0.1) is 66.2 Å². The zero-order chi connectivity index (χ0) is 24.4. The first-order chi connectivity index (χ1) is 17.0. The molecule has 2 atom stereocenters. The summed E-state index contributed by atoms with van der Waals surface area (Å²) in [6.45, 7) is 3.82. The number of nitrogens with one attached hydrogen (secondary N) is 2. The molecule has 4 aromatic heterocycles. The van der Waals surface area contributed by atoms with Crippen molar-refractivity contribution in [1.29, 1.82) is 0 Å². The van der Waals surface area contributed by atoms with Crippen LogP contribution in [0.4, 0.5) is 16.2 Å². The van der Waals surface area contributed by atoms with Gasteiger partial charge in [-0.15, -0.1) is 4.80 Å². The minimum Gasteiger partial charge on any atom is -0.381 e. The lowest BCUT2D eigenvalue weighted by Gasteiger charge is -2.20. The fourth-order valence-electron chi connectivity index (χ4n) is 3.74. The molecule has 4 aromatic rings. The molecule has 2 amide bonds. The second-order valence-corrected chi connectivity index (χ2v) is 8.72. The highest BCUT2D eigenvalue weighted by Crippen LogP contribution is 2.28. The molecule has 12 nitrogen and oxygen atoms in total. The minimum absolute atomic E-state index is 0.270. The topological polar surface area (TPSA) is 133 Å². The first-order valence-electron chi connectivity index (χ1n) is 10.8. The van der Waals surface area contributed by atoms with Gasteiger partial charge < -0.3 is 20.1 Å². The van der Waals surface area contributed by atoms with Gasteiger partial charge in [0.2, 0.25) is 0 Å². The molecule has 1 saturated heterocycles. The van der Waals surface area contributed by atoms with Gasteiger partial charge in [-0.2, -0.15) is 15.3 Å². The second kappa shape index (κ2) is 10.1. The molecule has 0 saturated carbocycles. The molecule has 0 radical (unpaired) electrons. The highest BCUT2D eigenvalue weighted by molar-refractivity contribution is 6.32. The minimum atomic E-state index is -0.523. The van der Waals surface area contributed by atoms with E-state index in [-0.39, 0.29) is 10.2 Å². The van der Waals surface area contributed by atoms with Crippen LogP contribution in [-0.2, 0) is 9.47 Å². The lowest BCUT2D eigenvalue weighted by atomic mass is 10.1. The SMILES string of the molecule is CC(OC[C@H]1CCOC1)c1c(NC(=O)Nc2cnc(-n3nccn3)c(Cl)c2)cnc2cc(Cl)nn12. The predicted molar refractivity (Wildman–Crippen MR) is 128 cm³/mol. The van der Waals surface area contributed by atoms with Crippen LogP contribution in [0, 0.1) is 5.92 Å². The quantitative estimate of drug-likeness (QED) is 0.378. The fourth-order valence-corrected chi connectivity index (χ4v) is 4.16. The number of carbonyl (C=O) groups excluding carboxylic acids is 1. The van der Waals surface area contributed by atoms with Crippen molar-refractivity contribution in [3.05, 3.63) is 52.8 Å². The Morgan fingerprint density at radius 1 is 1.23 bits per heavy atom. The van der Waals surface area contributed by atoms with Crippen molar-refractivity contribution in [3.63, 3.8) is 0 Å². The first kappa shape index (κ1) is 23.4. The van der Waals surface area contributed by atoms with E-state index in [4.69, 9.17) is 32.7 Å². The van der Waals surface area contributed by atoms with E-state index in [1.807, 2.05) is 6.92 Å². The van der Waals surface area contributed by atoms with E-state index in [1.54, 1.807) is 22.8 Å². The third kappa shape index (κ3) is 5.20. The molecule has 5 rings (SSSR count). The van der Waals surface area contributed by atoms with E-state index in [9.17, 15) is 4.79 Å². The standard InChI is InChI=1S/C21H21Cl2N9O3/c1-12(35-11-13-2-5-34-10-13)19-16(9-24-18-7-17(23)30-31(18)19)29-21(33)28-14-6-15(22)20(25-8-14)32-26-3-4-27-32/h3-4,6-9,12-13H,2,5,10-11H2,1H3,(H2,28,29,33)/t12?,13-/m0/s1. The number of hydrogen-bond donors (Lipinski definition) is 2. The monoisotopic (exact) mass is 517 g/mol. The Bertz CT molecular complexity index is 1340. The van der Waals surface area contributed by atoms with Crippen LogP contribution in [0.25, 0.3) is 11.5 Å². The van der Waals surface area contributed by atoms with Gasteiger partial charge in [-0.05, 0) is 19.4 Å². The maximum atomic E-state index is 12.8. The van der Waals surface area contributed by atoms with Crippen molar-refractivity contribution >= 4 is 46.3 Å². The summed E-state index contributed by atoms with van der Waals surface area (Å²) in [5.74, 6) is 0.668. The van der Waals surface area contributed by atoms with Gasteiger partial charge in [0.15, 0.2) is 16.6 Å². The average Bonchev–Trinajstić information content (AvgIpc) is 3.59. The summed E-state index contributed by atoms with van der Waals surface area (Å²) in [4.78, 5) is 22.7. The molecule has 0 bridgehead atoms. The number of rotatable bonds is 7. The summed E-state index contributed by atoms with van der Waals surface area (Å²) in [5, 5.41) is 18.4. The molecular weight excluding hydrogens is 497 g/mol. The maximum absolute atomic E-state index is 12.8. The van der Waals surface area contributed by atoms with Gasteiger partial charge in [-0.3, -0.25) is 0 Å². The molecule has 5 heterocycles. The van der Waals surface area contributed by atoms with Crippen LogP contribution in [-0.4, -0.2) is 60.4 Å². The van der Waals surface area contributed by atoms with Gasteiger partial charge in [-0.25, -0.2) is 19.3 Å². The summed E-state index contributed by atoms with van der Waals surface area (Å²) in [5.41, 5.74) is 1.94. The number of urea groups is 1. The van der Waals surface area contributed by atoms with Crippen LogP contribution in [0.5, 0.6) is 0 Å². The molecular formula is C21H21Cl2N9O3. The number of pyridine rings is 1. The Labute approximate surface area is 209 Å². The third-order valence-corrected chi connectivity index (χ3v) is 5.88. The molecule has 2 N–H and O–H groups in total. The van der Waals surface area contributed by atoms with Gasteiger partial charge in [0.1, 0.15) is 0 Å². The molecule has 14 heteroatoms. The molecule has 0 aliphatic carbocycles. The summed E-state index contributed by atoms with van der Waals surface area (Å²) >= 11 is 12.4. The van der Waals surface area contributed by atoms with Crippen molar-refractivity contribution in [2.45, 2.75) is 19.4 Å². The number of anilines is 2. The average molecular weight is 518 g/mol. The molecule has 1 fully saturated rings. The smallest absolute Gasteiger partial charge is 0.323 e. The van der Waals surface area contributed by atoms with Gasteiger partial charge in [0.25, 0.3) is 0 Å². The number of nitrogens with zero attached hydrogens (tertiary/aromatic N) is 7. The van der Waals surface area contributed by atoms with Gasteiger partial charge >= 0.3 is 6.03 Å². The van der Waals surface area contributed by atoms with Crippen molar-refractivity contribution in [2.75, 3.05) is 30.5 Å². The maximum Gasteiger partial charge on any atom is 0.323 e. The van der Waals surface area contributed by atoms with Crippen LogP contribution in [0.3, 0.4) is 0 Å². The Morgan fingerprint density at radius 3 is 2.80 bits per heavy atom. The van der Waals surface area contributed by atoms with E-state index >= 15 is 0 Å². The van der Waals surface area contributed by atoms with Crippen molar-refractivity contribution in [1.82, 2.24) is 34.6 Å². The Balaban J connectivity index is 1.34. The Kier molecular flexibility index (Phi) is 6.77. The van der Waals surface area contributed by atoms with Crippen LogP contribution in [0.2, 0.25) is 10.2 Å². The molecule has 1 unspecified atom stereocenters. The van der Waals surface area contributed by atoms with E-state index in [0.29, 0.717) is 47.7 Å². The highest BCUT2D eigenvalue weighted by Gasteiger charge is 2.23. The molecule has 0 aromatic carbocycles. The summed E-state index contributed by atoms with van der Waals surface area (Å²) in [7, 11) is 0. The number of hydrogen-bond acceptors (Lipinski definition) is 8. The molecule has 1 aliphatic rings. The predicted octanol–water partition coefficient (Wildman–Crippen LogP) is 3.77. The van der Waals surface area contributed by atoms with Crippen molar-refractivity contribution < 1.29 is 14.3 Å². The van der Waals surface area contributed by atoms with Crippen molar-refractivity contribution in [3.8, 4) is 5.82 Å². The Morgan fingerprint density at radius 2 is 2.06 bits per heavy atom. The summed E-state index contributed by atoms with van der Waals surface area (Å²) in [6, 6.07) is 2.67. The normalized spacial score (nSPS) is 16.5. The second-order valence-electron chi connectivity index (χ2n) is 7.93. The first-order valence-corrected chi connectivity index (χ1v) is 11.6. The number of aromatic nitrogens is 7. The van der Waals surface area contributed by atoms with Crippen LogP contribution in [0.15, 0.2) is 36.9 Å². The Hall–Kier alpha value is -3.32. The van der Waals surface area contributed by atoms with Crippen molar-refractivity contribution in [2.24, 2.45) is 5.92 Å². The molecule has 1 aliphatic heterocycles. The van der Waals surface area contributed by atoms with Crippen LogP contribution < -0.4 is 10.6 Å². The molecule has 35 heavy (non-hydrogen) atoms. The van der Waals surface area contributed by atoms with E-state index in [2.05, 4.69) is 35.9 Å². The lowest BCUT2D eigenvalue weighted by Crippen LogP contribution is -2.23. The molecule has 0 spiro atoms. The molecule has 182 valence electrons. The number of fused-ring (bicyclic) bond motifs is 1. The van der Waals surface area contributed by atoms with Gasteiger partial charge in [-0.1, -0.05) is 23.2 Å². The number of halogens is 2. The highest BCUT2D eigenvalue weighted by atomic mass is 35.5. The lowest BCUT2D eigenvalue weighted by molar-refractivity contribution is 0.0328. The third-order valence-electron chi connectivity index (χ3n) is 5.42. The van der Waals surface area contributed by atoms with Crippen LogP contribution in [0.1, 0.15) is 25.1 Å². The van der Waals surface area contributed by atoms with Gasteiger partial charge in [0, 0.05) is 18.6 Å². The van der Waals surface area contributed by atoms with Crippen LogP contribution >= 0.6 is 23.2 Å². The summed E-state index contributed by atoms with van der Waals surface area (Å²) < 4.78 is 13.1. The van der Waals surface area contributed by atoms with E-state index in [1.165, 1.54) is 23.4 Å². The number of ether oxygens (including phenoxy) is 2. The fraction of sp³-hybridized carbons (Fsp3) is 0.333. The zero-order valence-corrected chi connectivity index (χ0v) is 20.1. The number of amides is 2. The van der Waals surface area contributed by atoms with E-state index < -0.39 is 12.1 Å². The van der Waals surface area contributed by atoms with E-state index in [0.717, 1.165) is 13.0 Å². The summed E-state index contributed by atoms with van der Waals surface area (Å²) in [6.07, 6.45) is 6.56. The number of carbonyl (C=O) groups is 1. The zero-order valence-electron chi connectivity index (χ0n) is 18.6.